The van der Waals surface area contributed by atoms with E-state index in [9.17, 15) is 4.79 Å². The zero-order chi connectivity index (χ0) is 13.2. The van der Waals surface area contributed by atoms with Crippen molar-refractivity contribution in [2.24, 2.45) is 5.73 Å². The van der Waals surface area contributed by atoms with E-state index in [0.717, 1.165) is 12.8 Å². The molecule has 1 aliphatic rings. The number of hydrogen-bond donors (Lipinski definition) is 2. The third-order valence-corrected chi connectivity index (χ3v) is 4.75. The van der Waals surface area contributed by atoms with Crippen LogP contribution in [0.4, 0.5) is 0 Å². The van der Waals surface area contributed by atoms with Gasteiger partial charge in [0.1, 0.15) is 0 Å². The van der Waals surface area contributed by atoms with Gasteiger partial charge in [0, 0.05) is 9.75 Å². The zero-order valence-corrected chi connectivity index (χ0v) is 12.0. The second-order valence-electron chi connectivity index (χ2n) is 5.36. The van der Waals surface area contributed by atoms with Gasteiger partial charge >= 0.3 is 0 Å². The molecule has 1 atom stereocenters. The van der Waals surface area contributed by atoms with Crippen molar-refractivity contribution in [3.63, 3.8) is 0 Å². The summed E-state index contributed by atoms with van der Waals surface area (Å²) in [6, 6.07) is 2.24. The standard InChI is InChI=1S/C14H22N2OS/c1-3-7-14(2,15)13(17)16-9-11-8-10-5-4-6-12(10)18-11/h8H,3-7,9,15H2,1-2H3,(H,16,17). The van der Waals surface area contributed by atoms with Gasteiger partial charge in [-0.05, 0) is 44.2 Å². The van der Waals surface area contributed by atoms with Crippen LogP contribution in [0, 0.1) is 0 Å². The van der Waals surface area contributed by atoms with Crippen molar-refractivity contribution in [1.82, 2.24) is 5.32 Å². The first-order valence-electron chi connectivity index (χ1n) is 6.70. The summed E-state index contributed by atoms with van der Waals surface area (Å²) in [5.41, 5.74) is 6.74. The predicted molar refractivity (Wildman–Crippen MR) is 75.7 cm³/mol. The van der Waals surface area contributed by atoms with Crippen LogP contribution in [0.1, 0.15) is 48.4 Å². The number of thiophene rings is 1. The number of rotatable bonds is 5. The Bertz CT molecular complexity index is 416. The molecular formula is C14H22N2OS. The molecule has 0 aromatic carbocycles. The largest absolute Gasteiger partial charge is 0.350 e. The smallest absolute Gasteiger partial charge is 0.240 e. The average Bonchev–Trinajstić information content (AvgIpc) is 2.85. The Labute approximate surface area is 113 Å². The first kappa shape index (κ1) is 13.6. The van der Waals surface area contributed by atoms with Gasteiger partial charge in [0.15, 0.2) is 0 Å². The van der Waals surface area contributed by atoms with Gasteiger partial charge in [-0.25, -0.2) is 0 Å². The maximum absolute atomic E-state index is 12.0. The van der Waals surface area contributed by atoms with Crippen molar-refractivity contribution in [3.8, 4) is 0 Å². The summed E-state index contributed by atoms with van der Waals surface area (Å²) >= 11 is 1.83. The molecule has 1 unspecified atom stereocenters. The van der Waals surface area contributed by atoms with E-state index in [1.54, 1.807) is 6.92 Å². The summed E-state index contributed by atoms with van der Waals surface area (Å²) in [6.07, 6.45) is 5.33. The fourth-order valence-corrected chi connectivity index (χ4v) is 3.68. The van der Waals surface area contributed by atoms with Gasteiger partial charge < -0.3 is 11.1 Å². The highest BCUT2D eigenvalue weighted by Gasteiger charge is 2.27. The Morgan fingerprint density at radius 2 is 2.33 bits per heavy atom. The lowest BCUT2D eigenvalue weighted by Crippen LogP contribution is -2.51. The molecule has 0 radical (unpaired) electrons. The van der Waals surface area contributed by atoms with Gasteiger partial charge in [-0.15, -0.1) is 11.3 Å². The number of nitrogens with two attached hydrogens (primary N) is 1. The summed E-state index contributed by atoms with van der Waals surface area (Å²) in [7, 11) is 0. The van der Waals surface area contributed by atoms with E-state index in [0.29, 0.717) is 6.54 Å². The van der Waals surface area contributed by atoms with E-state index in [1.807, 2.05) is 18.3 Å². The highest BCUT2D eigenvalue weighted by molar-refractivity contribution is 7.12. The maximum atomic E-state index is 12.0. The molecule has 4 heteroatoms. The first-order chi connectivity index (χ1) is 8.53. The molecule has 1 aromatic heterocycles. The van der Waals surface area contributed by atoms with Crippen molar-refractivity contribution in [3.05, 3.63) is 21.4 Å². The van der Waals surface area contributed by atoms with Crippen molar-refractivity contribution in [2.75, 3.05) is 0 Å². The molecule has 1 aliphatic carbocycles. The molecule has 3 N–H and O–H groups in total. The fourth-order valence-electron chi connectivity index (χ4n) is 2.48. The quantitative estimate of drug-likeness (QED) is 0.859. The third-order valence-electron chi connectivity index (χ3n) is 3.51. The Morgan fingerprint density at radius 3 is 3.00 bits per heavy atom. The number of carbonyl (C=O) groups is 1. The van der Waals surface area contributed by atoms with E-state index >= 15 is 0 Å². The minimum Gasteiger partial charge on any atom is -0.350 e. The van der Waals surface area contributed by atoms with Crippen LogP contribution in [0.15, 0.2) is 6.07 Å². The number of amides is 1. The molecule has 2 rings (SSSR count). The summed E-state index contributed by atoms with van der Waals surface area (Å²) < 4.78 is 0. The molecule has 18 heavy (non-hydrogen) atoms. The highest BCUT2D eigenvalue weighted by Crippen LogP contribution is 2.30. The van der Waals surface area contributed by atoms with Gasteiger partial charge in [-0.1, -0.05) is 13.3 Å². The third kappa shape index (κ3) is 2.93. The number of hydrogen-bond acceptors (Lipinski definition) is 3. The molecule has 100 valence electrons. The van der Waals surface area contributed by atoms with Crippen LogP contribution in [-0.2, 0) is 24.2 Å². The molecule has 0 bridgehead atoms. The second kappa shape index (κ2) is 5.41. The molecule has 0 aliphatic heterocycles. The summed E-state index contributed by atoms with van der Waals surface area (Å²) in [5, 5.41) is 2.96. The Balaban J connectivity index is 1.89. The molecule has 1 amide bonds. The van der Waals surface area contributed by atoms with E-state index in [1.165, 1.54) is 34.6 Å². The van der Waals surface area contributed by atoms with Crippen molar-refractivity contribution >= 4 is 17.2 Å². The lowest BCUT2D eigenvalue weighted by atomic mass is 9.96. The highest BCUT2D eigenvalue weighted by atomic mass is 32.1. The van der Waals surface area contributed by atoms with E-state index in [-0.39, 0.29) is 5.91 Å². The molecule has 1 heterocycles. The summed E-state index contributed by atoms with van der Waals surface area (Å²) in [6.45, 7) is 4.47. The van der Waals surface area contributed by atoms with E-state index in [2.05, 4.69) is 11.4 Å². The monoisotopic (exact) mass is 266 g/mol. The van der Waals surface area contributed by atoms with Crippen LogP contribution >= 0.6 is 11.3 Å². The van der Waals surface area contributed by atoms with Crippen LogP contribution in [0.2, 0.25) is 0 Å². The molecule has 3 nitrogen and oxygen atoms in total. The van der Waals surface area contributed by atoms with Crippen molar-refractivity contribution in [1.29, 1.82) is 0 Å². The SMILES string of the molecule is CCCC(C)(N)C(=O)NCc1cc2c(s1)CCC2. The number of fused-ring (bicyclic) bond motifs is 1. The molecule has 0 saturated carbocycles. The Morgan fingerprint density at radius 1 is 1.56 bits per heavy atom. The Kier molecular flexibility index (Phi) is 4.07. The van der Waals surface area contributed by atoms with Crippen LogP contribution in [0.3, 0.4) is 0 Å². The molecule has 0 saturated heterocycles. The number of nitrogens with one attached hydrogen (secondary N) is 1. The van der Waals surface area contributed by atoms with E-state index in [4.69, 9.17) is 5.73 Å². The molecule has 0 fully saturated rings. The minimum atomic E-state index is -0.741. The van der Waals surface area contributed by atoms with Crippen LogP contribution in [0.5, 0.6) is 0 Å². The maximum Gasteiger partial charge on any atom is 0.240 e. The second-order valence-corrected chi connectivity index (χ2v) is 6.59. The summed E-state index contributed by atoms with van der Waals surface area (Å²) in [5.74, 6) is -0.0436. The van der Waals surface area contributed by atoms with Gasteiger partial charge in [0.25, 0.3) is 0 Å². The topological polar surface area (TPSA) is 55.1 Å². The number of aryl methyl sites for hydroxylation is 2. The first-order valence-corrected chi connectivity index (χ1v) is 7.52. The van der Waals surface area contributed by atoms with Gasteiger partial charge in [0.05, 0.1) is 12.1 Å². The fraction of sp³-hybridized carbons (Fsp3) is 0.643. The number of carbonyl (C=O) groups excluding carboxylic acids is 1. The molecule has 1 aromatic rings. The van der Waals surface area contributed by atoms with Crippen molar-refractivity contribution in [2.45, 2.75) is 58.0 Å². The summed E-state index contributed by atoms with van der Waals surface area (Å²) in [4.78, 5) is 14.7. The lowest BCUT2D eigenvalue weighted by Gasteiger charge is -2.22. The predicted octanol–water partition coefficient (Wildman–Crippen LogP) is 2.37. The lowest BCUT2D eigenvalue weighted by molar-refractivity contribution is -0.126. The normalized spacial score (nSPS) is 17.3. The van der Waals surface area contributed by atoms with Crippen LogP contribution in [0.25, 0.3) is 0 Å². The Hall–Kier alpha value is -0.870. The van der Waals surface area contributed by atoms with Crippen molar-refractivity contribution < 1.29 is 4.79 Å². The van der Waals surface area contributed by atoms with E-state index < -0.39 is 5.54 Å². The average molecular weight is 266 g/mol. The van der Waals surface area contributed by atoms with Crippen LogP contribution in [-0.4, -0.2) is 11.4 Å². The van der Waals surface area contributed by atoms with Gasteiger partial charge in [-0.3, -0.25) is 4.79 Å². The van der Waals surface area contributed by atoms with Crippen LogP contribution < -0.4 is 11.1 Å². The van der Waals surface area contributed by atoms with Gasteiger partial charge in [0.2, 0.25) is 5.91 Å². The zero-order valence-electron chi connectivity index (χ0n) is 11.2. The molecule has 0 spiro atoms. The minimum absolute atomic E-state index is 0.0436. The van der Waals surface area contributed by atoms with Gasteiger partial charge in [-0.2, -0.15) is 0 Å². The molecular weight excluding hydrogens is 244 g/mol.